The van der Waals surface area contributed by atoms with Crippen molar-refractivity contribution in [3.05, 3.63) is 42.5 Å². The maximum atomic E-state index is 13.9. The van der Waals surface area contributed by atoms with Crippen molar-refractivity contribution >= 4 is 50.1 Å². The molecule has 5 rings (SSSR count). The van der Waals surface area contributed by atoms with Gasteiger partial charge in [0.2, 0.25) is 17.7 Å². The van der Waals surface area contributed by atoms with Gasteiger partial charge in [-0.05, 0) is 35.2 Å². The fourth-order valence-electron chi connectivity index (χ4n) is 6.29. The lowest BCUT2D eigenvalue weighted by molar-refractivity contribution is -0.145. The Morgan fingerprint density at radius 2 is 1.91 bits per heavy atom. The minimum Gasteiger partial charge on any atom is -0.394 e. The van der Waals surface area contributed by atoms with Crippen LogP contribution in [0.1, 0.15) is 20.3 Å². The van der Waals surface area contributed by atoms with Crippen LogP contribution in [0.3, 0.4) is 0 Å². The van der Waals surface area contributed by atoms with Crippen molar-refractivity contribution in [1.29, 1.82) is 0 Å². The molecular formula is C26H30BrN3O5. The van der Waals surface area contributed by atoms with Crippen molar-refractivity contribution < 1.29 is 24.2 Å². The maximum absolute atomic E-state index is 13.9. The Bertz CT molecular complexity index is 1190. The molecule has 2 aromatic rings. The van der Waals surface area contributed by atoms with Crippen LogP contribution in [0.25, 0.3) is 10.8 Å². The van der Waals surface area contributed by atoms with Crippen molar-refractivity contribution in [2.24, 2.45) is 17.8 Å². The number of anilines is 1. The Hall–Kier alpha value is -2.49. The number of aliphatic hydroxyl groups is 1. The second kappa shape index (κ2) is 8.87. The van der Waals surface area contributed by atoms with Crippen LogP contribution >= 0.6 is 15.9 Å². The lowest BCUT2D eigenvalue weighted by atomic mass is 9.70. The summed E-state index contributed by atoms with van der Waals surface area (Å²) in [5.74, 6) is -2.58. The van der Waals surface area contributed by atoms with E-state index in [4.69, 9.17) is 4.74 Å². The van der Waals surface area contributed by atoms with Crippen LogP contribution in [0.4, 0.5) is 5.69 Å². The first-order valence-electron chi connectivity index (χ1n) is 12.0. The summed E-state index contributed by atoms with van der Waals surface area (Å²) >= 11 is 3.64. The predicted octanol–water partition coefficient (Wildman–Crippen LogP) is 2.29. The molecule has 0 saturated carbocycles. The smallest absolute Gasteiger partial charge is 0.250 e. The van der Waals surface area contributed by atoms with E-state index < -0.39 is 35.6 Å². The zero-order valence-electron chi connectivity index (χ0n) is 19.9. The fourth-order valence-corrected chi connectivity index (χ4v) is 7.23. The molecule has 0 radical (unpaired) electrons. The van der Waals surface area contributed by atoms with Gasteiger partial charge in [-0.3, -0.25) is 14.4 Å². The number of hydrogen-bond acceptors (Lipinski definition) is 5. The predicted molar refractivity (Wildman–Crippen MR) is 135 cm³/mol. The highest BCUT2D eigenvalue weighted by Crippen LogP contribution is 2.60. The number of nitrogens with zero attached hydrogens (tertiary/aromatic N) is 1. The molecule has 186 valence electrons. The Labute approximate surface area is 212 Å². The van der Waals surface area contributed by atoms with Gasteiger partial charge < -0.3 is 25.4 Å². The van der Waals surface area contributed by atoms with Gasteiger partial charge in [0, 0.05) is 17.6 Å². The van der Waals surface area contributed by atoms with Crippen LogP contribution in [0.5, 0.6) is 0 Å². The molecule has 3 unspecified atom stereocenters. The number of likely N-dealkylation sites (tertiary alicyclic amines) is 1. The van der Waals surface area contributed by atoms with Gasteiger partial charge in [-0.1, -0.05) is 60.1 Å². The number of ether oxygens (including phenoxy) is 1. The monoisotopic (exact) mass is 543 g/mol. The number of carbonyl (C=O) groups excluding carboxylic acids is 3. The molecule has 7 atom stereocenters. The molecule has 3 saturated heterocycles. The number of alkyl halides is 1. The Kier molecular flexibility index (Phi) is 6.14. The summed E-state index contributed by atoms with van der Waals surface area (Å²) in [4.78, 5) is 42.1. The first-order valence-corrected chi connectivity index (χ1v) is 12.9. The van der Waals surface area contributed by atoms with Gasteiger partial charge in [0.25, 0.3) is 0 Å². The molecule has 9 heteroatoms. The normalized spacial score (nSPS) is 32.2. The van der Waals surface area contributed by atoms with Crippen molar-refractivity contribution in [1.82, 2.24) is 10.2 Å². The van der Waals surface area contributed by atoms with E-state index in [0.29, 0.717) is 12.1 Å². The Morgan fingerprint density at radius 3 is 2.57 bits per heavy atom. The molecule has 3 aliphatic heterocycles. The molecule has 2 bridgehead atoms. The molecular weight excluding hydrogens is 514 g/mol. The number of hydrogen-bond donors (Lipinski definition) is 3. The van der Waals surface area contributed by atoms with Crippen LogP contribution in [-0.2, 0) is 19.1 Å². The molecule has 3 N–H and O–H groups in total. The van der Waals surface area contributed by atoms with Gasteiger partial charge >= 0.3 is 0 Å². The van der Waals surface area contributed by atoms with Crippen LogP contribution in [-0.4, -0.2) is 70.0 Å². The summed E-state index contributed by atoms with van der Waals surface area (Å²) in [7, 11) is 1.54. The third-order valence-electron chi connectivity index (χ3n) is 7.86. The third-order valence-corrected chi connectivity index (χ3v) is 8.70. The summed E-state index contributed by atoms with van der Waals surface area (Å²) in [6.07, 6.45) is -0.0851. The van der Waals surface area contributed by atoms with E-state index in [0.717, 1.165) is 10.8 Å². The van der Waals surface area contributed by atoms with E-state index >= 15 is 0 Å². The molecule has 3 aliphatic rings. The highest BCUT2D eigenvalue weighted by atomic mass is 79.9. The zero-order valence-corrected chi connectivity index (χ0v) is 21.5. The van der Waals surface area contributed by atoms with Crippen molar-refractivity contribution in [3.8, 4) is 0 Å². The molecule has 1 spiro atoms. The number of rotatable bonds is 6. The lowest BCUT2D eigenvalue weighted by Crippen LogP contribution is -2.57. The first-order chi connectivity index (χ1) is 16.7. The number of amides is 3. The summed E-state index contributed by atoms with van der Waals surface area (Å²) in [6, 6.07) is 11.9. The van der Waals surface area contributed by atoms with Gasteiger partial charge in [-0.2, -0.15) is 0 Å². The zero-order chi connectivity index (χ0) is 25.1. The summed E-state index contributed by atoms with van der Waals surface area (Å²) in [6.45, 7) is 3.51. The van der Waals surface area contributed by atoms with Crippen molar-refractivity contribution in [2.75, 3.05) is 19.0 Å². The second-order valence-corrected chi connectivity index (χ2v) is 11.2. The van der Waals surface area contributed by atoms with Gasteiger partial charge in [0.15, 0.2) is 0 Å². The number of nitrogens with one attached hydrogen (secondary N) is 2. The highest BCUT2D eigenvalue weighted by molar-refractivity contribution is 9.09. The maximum Gasteiger partial charge on any atom is 0.250 e. The summed E-state index contributed by atoms with van der Waals surface area (Å²) in [5.41, 5.74) is -0.548. The quantitative estimate of drug-likeness (QED) is 0.484. The minimum atomic E-state index is -1.16. The summed E-state index contributed by atoms with van der Waals surface area (Å²) in [5, 5.41) is 17.9. The van der Waals surface area contributed by atoms with E-state index in [9.17, 15) is 19.5 Å². The Balaban J connectivity index is 1.57. The molecule has 0 aliphatic carbocycles. The number of fused-ring (bicyclic) bond motifs is 2. The number of carbonyl (C=O) groups is 3. The van der Waals surface area contributed by atoms with Gasteiger partial charge in [0.05, 0.1) is 30.6 Å². The van der Waals surface area contributed by atoms with E-state index in [-0.39, 0.29) is 35.1 Å². The Morgan fingerprint density at radius 1 is 1.20 bits per heavy atom. The SMILES string of the molecule is CNC(=O)[C@H]1[C@@H]2OC3(CC2Br)C(C(=O)Nc2ccc4ccccc4c2)N([C@@H](CO)C(C)C)C(=O)[C@H]13. The van der Waals surface area contributed by atoms with Gasteiger partial charge in [0.1, 0.15) is 11.6 Å². The number of benzene rings is 2. The molecule has 8 nitrogen and oxygen atoms in total. The number of aliphatic hydroxyl groups excluding tert-OH is 1. The van der Waals surface area contributed by atoms with E-state index in [1.807, 2.05) is 56.3 Å². The molecule has 35 heavy (non-hydrogen) atoms. The average molecular weight is 544 g/mol. The highest BCUT2D eigenvalue weighted by Gasteiger charge is 2.77. The molecule has 3 amide bonds. The van der Waals surface area contributed by atoms with Crippen LogP contribution in [0.15, 0.2) is 42.5 Å². The average Bonchev–Trinajstić information content (AvgIpc) is 3.42. The van der Waals surface area contributed by atoms with E-state index in [1.54, 1.807) is 0 Å². The van der Waals surface area contributed by atoms with Crippen molar-refractivity contribution in [2.45, 2.75) is 48.9 Å². The first kappa shape index (κ1) is 24.2. The molecule has 2 aromatic carbocycles. The standard InChI is InChI=1S/C26H30BrN3O5/c1-13(2)18(12-31)30-22(24(33)29-16-9-8-14-6-4-5-7-15(14)10-16)26-11-17(27)21(35-26)19(23(32)28-3)20(26)25(30)34/h4-10,13,17-22,31H,11-12H2,1-3H3,(H,28,32)(H,29,33)/t17?,18-,19+,20-,21+,22?,26?/m0/s1. The summed E-state index contributed by atoms with van der Waals surface area (Å²) < 4.78 is 6.44. The van der Waals surface area contributed by atoms with E-state index in [2.05, 4.69) is 26.6 Å². The molecule has 0 aromatic heterocycles. The van der Waals surface area contributed by atoms with Crippen LogP contribution in [0.2, 0.25) is 0 Å². The van der Waals surface area contributed by atoms with Crippen LogP contribution in [0, 0.1) is 17.8 Å². The van der Waals surface area contributed by atoms with Crippen LogP contribution < -0.4 is 10.6 Å². The van der Waals surface area contributed by atoms with E-state index in [1.165, 1.54) is 11.9 Å². The third kappa shape index (κ3) is 3.58. The minimum absolute atomic E-state index is 0.106. The second-order valence-electron chi connectivity index (χ2n) is 10.1. The topological polar surface area (TPSA) is 108 Å². The number of halogens is 1. The lowest BCUT2D eigenvalue weighted by Gasteiger charge is -2.38. The van der Waals surface area contributed by atoms with Gasteiger partial charge in [-0.25, -0.2) is 0 Å². The van der Waals surface area contributed by atoms with Crippen molar-refractivity contribution in [3.63, 3.8) is 0 Å². The van der Waals surface area contributed by atoms with Gasteiger partial charge in [-0.15, -0.1) is 0 Å². The fraction of sp³-hybridized carbons (Fsp3) is 0.500. The molecule has 3 heterocycles. The largest absolute Gasteiger partial charge is 0.394 e. The molecule has 3 fully saturated rings.